The van der Waals surface area contributed by atoms with Gasteiger partial charge in [0.25, 0.3) is 5.91 Å². The summed E-state index contributed by atoms with van der Waals surface area (Å²) in [5.74, 6) is 0.427. The molecule has 9 nitrogen and oxygen atoms in total. The van der Waals surface area contributed by atoms with Gasteiger partial charge in [-0.1, -0.05) is 41.9 Å². The van der Waals surface area contributed by atoms with E-state index >= 15 is 0 Å². The zero-order chi connectivity index (χ0) is 29.9. The normalized spacial score (nSPS) is 12.5. The number of hydrogen-bond acceptors (Lipinski definition) is 8. The monoisotopic (exact) mass is 591 g/mol. The van der Waals surface area contributed by atoms with Crippen LogP contribution in [0.4, 0.5) is 0 Å². The number of amides is 1. The predicted octanol–water partition coefficient (Wildman–Crippen LogP) is 4.59. The predicted molar refractivity (Wildman–Crippen MR) is 161 cm³/mol. The maximum absolute atomic E-state index is 12.8. The summed E-state index contributed by atoms with van der Waals surface area (Å²) in [4.78, 5) is 28.8. The summed E-state index contributed by atoms with van der Waals surface area (Å²) < 4.78 is 11.0. The first-order chi connectivity index (χ1) is 20.4. The fraction of sp³-hybridized carbons (Fsp3) is 0.281. The number of aliphatic hydroxyl groups is 2. The molecule has 0 spiro atoms. The van der Waals surface area contributed by atoms with Crippen molar-refractivity contribution in [1.29, 1.82) is 0 Å². The number of para-hydroxylation sites is 1. The lowest BCUT2D eigenvalue weighted by Crippen LogP contribution is -2.37. The summed E-state index contributed by atoms with van der Waals surface area (Å²) in [6, 6.07) is 21.3. The molecule has 0 radical (unpaired) electrons. The number of carbonyl (C=O) groups is 2. The summed E-state index contributed by atoms with van der Waals surface area (Å²) in [6.07, 6.45) is 1.46. The topological polar surface area (TPSA) is 130 Å². The number of ether oxygens (including phenoxy) is 2. The molecule has 0 bridgehead atoms. The van der Waals surface area contributed by atoms with Crippen LogP contribution >= 0.6 is 11.6 Å². The molecule has 1 heterocycles. The number of pyridine rings is 1. The number of aliphatic hydroxyl groups excluding tert-OH is 2. The number of halogens is 1. The van der Waals surface area contributed by atoms with Gasteiger partial charge in [-0.25, -0.2) is 0 Å². The molecule has 0 aliphatic heterocycles. The van der Waals surface area contributed by atoms with E-state index in [4.69, 9.17) is 21.1 Å². The Balaban J connectivity index is 1.37. The molecule has 1 aromatic heterocycles. The lowest BCUT2D eigenvalue weighted by Gasteiger charge is -2.19. The third kappa shape index (κ3) is 8.50. The second-order valence-corrected chi connectivity index (χ2v) is 10.1. The molecule has 0 fully saturated rings. The minimum Gasteiger partial charge on any atom is -0.466 e. The molecule has 3 aromatic carbocycles. The van der Waals surface area contributed by atoms with Crippen LogP contribution in [0.2, 0.25) is 5.02 Å². The van der Waals surface area contributed by atoms with Crippen LogP contribution in [0.1, 0.15) is 40.9 Å². The SMILES string of the molecule is CCOC(=O)CCNC(=O)c1cccc2c(Oc3ccc(C[C@@H](CO)NC[C@@H](O)c4cccc(Cl)c4)cc3)ccnc12. The molecule has 0 saturated carbocycles. The molecule has 0 aliphatic rings. The first-order valence-electron chi connectivity index (χ1n) is 13.7. The quantitative estimate of drug-likeness (QED) is 0.157. The van der Waals surface area contributed by atoms with Gasteiger partial charge in [0.1, 0.15) is 11.5 Å². The van der Waals surface area contributed by atoms with E-state index in [1.54, 1.807) is 55.6 Å². The van der Waals surface area contributed by atoms with Crippen molar-refractivity contribution < 1.29 is 29.3 Å². The molecule has 1 amide bonds. The highest BCUT2D eigenvalue weighted by Gasteiger charge is 2.16. The van der Waals surface area contributed by atoms with Crippen LogP contribution in [0.3, 0.4) is 0 Å². The first-order valence-corrected chi connectivity index (χ1v) is 14.1. The van der Waals surface area contributed by atoms with Gasteiger partial charge >= 0.3 is 5.97 Å². The lowest BCUT2D eigenvalue weighted by molar-refractivity contribution is -0.142. The van der Waals surface area contributed by atoms with Crippen LogP contribution in [0, 0.1) is 0 Å². The Morgan fingerprint density at radius 2 is 1.83 bits per heavy atom. The van der Waals surface area contributed by atoms with E-state index < -0.39 is 6.10 Å². The van der Waals surface area contributed by atoms with Gasteiger partial charge in [0.05, 0.1) is 36.8 Å². The Bertz CT molecular complexity index is 1500. The van der Waals surface area contributed by atoms with E-state index in [2.05, 4.69) is 15.6 Å². The molecule has 2 atom stereocenters. The van der Waals surface area contributed by atoms with Crippen LogP contribution in [0.15, 0.2) is 79.0 Å². The Hall–Kier alpha value is -4.02. The molecule has 0 saturated heterocycles. The van der Waals surface area contributed by atoms with Gasteiger partial charge < -0.3 is 30.3 Å². The maximum Gasteiger partial charge on any atom is 0.307 e. The van der Waals surface area contributed by atoms with Crippen molar-refractivity contribution >= 4 is 34.4 Å². The number of hydrogen-bond donors (Lipinski definition) is 4. The van der Waals surface area contributed by atoms with Gasteiger partial charge in [0.2, 0.25) is 0 Å². The molecular weight excluding hydrogens is 558 g/mol. The number of fused-ring (bicyclic) bond motifs is 1. The molecule has 10 heteroatoms. The minimum atomic E-state index is -0.750. The van der Waals surface area contributed by atoms with Gasteiger partial charge in [-0.15, -0.1) is 0 Å². The van der Waals surface area contributed by atoms with E-state index in [9.17, 15) is 19.8 Å². The molecule has 220 valence electrons. The number of rotatable bonds is 14. The summed E-state index contributed by atoms with van der Waals surface area (Å²) in [5.41, 5.74) is 2.54. The van der Waals surface area contributed by atoms with Crippen molar-refractivity contribution in [2.45, 2.75) is 31.9 Å². The van der Waals surface area contributed by atoms with Crippen molar-refractivity contribution in [1.82, 2.24) is 15.6 Å². The number of nitrogens with one attached hydrogen (secondary N) is 2. The van der Waals surface area contributed by atoms with Crippen LogP contribution in [-0.2, 0) is 16.0 Å². The molecule has 4 N–H and O–H groups in total. The number of nitrogens with zero attached hydrogens (tertiary/aromatic N) is 1. The smallest absolute Gasteiger partial charge is 0.307 e. The average molecular weight is 592 g/mol. The second kappa shape index (κ2) is 15.3. The van der Waals surface area contributed by atoms with Crippen molar-refractivity contribution in [3.05, 3.63) is 101 Å². The second-order valence-electron chi connectivity index (χ2n) is 9.63. The van der Waals surface area contributed by atoms with E-state index in [-0.39, 0.29) is 44.0 Å². The van der Waals surface area contributed by atoms with Gasteiger partial charge in [0.15, 0.2) is 0 Å². The zero-order valence-corrected chi connectivity index (χ0v) is 24.0. The third-order valence-corrected chi connectivity index (χ3v) is 6.82. The Kier molecular flexibility index (Phi) is 11.2. The third-order valence-electron chi connectivity index (χ3n) is 6.58. The Labute approximate surface area is 249 Å². The number of benzene rings is 3. The highest BCUT2D eigenvalue weighted by Crippen LogP contribution is 2.30. The molecule has 0 aliphatic carbocycles. The summed E-state index contributed by atoms with van der Waals surface area (Å²) in [5, 5.41) is 27.5. The molecule has 42 heavy (non-hydrogen) atoms. The average Bonchev–Trinajstić information content (AvgIpc) is 3.00. The highest BCUT2D eigenvalue weighted by molar-refractivity contribution is 6.30. The standard InChI is InChI=1S/C32H34ClN3O6/c1-2-41-30(39)14-16-35-32(40)27-8-4-7-26-29(13-15-34-31(26)27)42-25-11-9-21(10-12-25)17-24(20-37)36-19-28(38)22-5-3-6-23(33)18-22/h3-13,15,18,24,28,36-38H,2,14,16-17,19-20H2,1H3,(H,35,40)/t24-,28+/m0/s1. The van der Waals surface area contributed by atoms with Gasteiger partial charge in [-0.05, 0) is 66.9 Å². The minimum absolute atomic E-state index is 0.0855. The number of aromatic nitrogens is 1. The summed E-state index contributed by atoms with van der Waals surface area (Å²) in [7, 11) is 0. The van der Waals surface area contributed by atoms with Crippen LogP contribution in [0.5, 0.6) is 11.5 Å². The fourth-order valence-corrected chi connectivity index (χ4v) is 4.64. The summed E-state index contributed by atoms with van der Waals surface area (Å²) in [6.45, 7) is 2.36. The highest BCUT2D eigenvalue weighted by atomic mass is 35.5. The van der Waals surface area contributed by atoms with E-state index in [1.165, 1.54) is 0 Å². The van der Waals surface area contributed by atoms with Gasteiger partial charge in [-0.2, -0.15) is 0 Å². The Morgan fingerprint density at radius 3 is 2.57 bits per heavy atom. The van der Waals surface area contributed by atoms with Gasteiger partial charge in [-0.3, -0.25) is 14.6 Å². The van der Waals surface area contributed by atoms with E-state index in [1.807, 2.05) is 30.3 Å². The molecular formula is C32H34ClN3O6. The Morgan fingerprint density at radius 1 is 1.05 bits per heavy atom. The number of carbonyl (C=O) groups excluding carboxylic acids is 2. The van der Waals surface area contributed by atoms with Crippen molar-refractivity contribution in [3.63, 3.8) is 0 Å². The van der Waals surface area contributed by atoms with E-state index in [0.29, 0.717) is 51.6 Å². The fourth-order valence-electron chi connectivity index (χ4n) is 4.45. The van der Waals surface area contributed by atoms with Crippen LogP contribution in [-0.4, -0.2) is 59.4 Å². The molecule has 4 aromatic rings. The number of esters is 1. The first kappa shape index (κ1) is 30.9. The largest absolute Gasteiger partial charge is 0.466 e. The van der Waals surface area contributed by atoms with Gasteiger partial charge in [0, 0.05) is 35.7 Å². The van der Waals surface area contributed by atoms with Crippen molar-refractivity contribution in [2.24, 2.45) is 0 Å². The lowest BCUT2D eigenvalue weighted by atomic mass is 10.0. The van der Waals surface area contributed by atoms with Crippen LogP contribution < -0.4 is 15.4 Å². The zero-order valence-electron chi connectivity index (χ0n) is 23.3. The maximum atomic E-state index is 12.8. The van der Waals surface area contributed by atoms with Crippen molar-refractivity contribution in [2.75, 3.05) is 26.3 Å². The molecule has 4 rings (SSSR count). The summed E-state index contributed by atoms with van der Waals surface area (Å²) >= 11 is 6.02. The van der Waals surface area contributed by atoms with E-state index in [0.717, 1.165) is 5.56 Å². The molecule has 0 unspecified atom stereocenters. The van der Waals surface area contributed by atoms with Crippen molar-refractivity contribution in [3.8, 4) is 11.5 Å². The van der Waals surface area contributed by atoms with Crippen LogP contribution in [0.25, 0.3) is 10.9 Å².